The Morgan fingerprint density at radius 1 is 1.12 bits per heavy atom. The smallest absolute Gasteiger partial charge is 0.225 e. The summed E-state index contributed by atoms with van der Waals surface area (Å²) >= 11 is 0. The Kier molecular flexibility index (Phi) is 5.20. The molecule has 0 saturated carbocycles. The van der Waals surface area contributed by atoms with E-state index in [1.165, 1.54) is 12.1 Å². The molecule has 0 aromatic heterocycles. The predicted octanol–water partition coefficient (Wildman–Crippen LogP) is 1.94. The van der Waals surface area contributed by atoms with E-state index < -0.39 is 20.9 Å². The first kappa shape index (κ1) is 17.4. The molecule has 2 fully saturated rings. The van der Waals surface area contributed by atoms with E-state index in [1.54, 1.807) is 17.0 Å². The van der Waals surface area contributed by atoms with Crippen LogP contribution in [0.2, 0.25) is 0 Å². The Morgan fingerprint density at radius 2 is 1.83 bits per heavy atom. The molecule has 2 aliphatic heterocycles. The van der Waals surface area contributed by atoms with Crippen molar-refractivity contribution in [1.29, 1.82) is 0 Å². The zero-order valence-corrected chi connectivity index (χ0v) is 14.3. The summed E-state index contributed by atoms with van der Waals surface area (Å²) in [5.41, 5.74) is 0.206. The predicted molar refractivity (Wildman–Crippen MR) is 87.7 cm³/mol. The van der Waals surface area contributed by atoms with Crippen molar-refractivity contribution in [1.82, 2.24) is 4.90 Å². The third-order valence-electron chi connectivity index (χ3n) is 4.87. The van der Waals surface area contributed by atoms with E-state index >= 15 is 0 Å². The van der Waals surface area contributed by atoms with Crippen LogP contribution in [-0.4, -0.2) is 51.3 Å². The van der Waals surface area contributed by atoms with E-state index in [9.17, 15) is 17.6 Å². The summed E-state index contributed by atoms with van der Waals surface area (Å²) in [5, 5.41) is -0.883. The van der Waals surface area contributed by atoms with Gasteiger partial charge in [-0.3, -0.25) is 4.79 Å². The number of benzene rings is 1. The molecular formula is C17H22FNO4S. The Balaban J connectivity index is 1.77. The third kappa shape index (κ3) is 3.62. The van der Waals surface area contributed by atoms with Crippen LogP contribution in [0, 0.1) is 11.7 Å². The quantitative estimate of drug-likeness (QED) is 0.813. The topological polar surface area (TPSA) is 63.7 Å². The highest BCUT2D eigenvalue weighted by Gasteiger charge is 2.35. The second kappa shape index (κ2) is 7.19. The fourth-order valence-electron chi connectivity index (χ4n) is 3.45. The van der Waals surface area contributed by atoms with Crippen LogP contribution in [0.25, 0.3) is 0 Å². The van der Waals surface area contributed by atoms with Crippen molar-refractivity contribution in [2.45, 2.75) is 24.5 Å². The number of hydrogen-bond donors (Lipinski definition) is 0. The van der Waals surface area contributed by atoms with Crippen LogP contribution >= 0.6 is 0 Å². The number of carbonyl (C=O) groups is 1. The molecular weight excluding hydrogens is 333 g/mol. The van der Waals surface area contributed by atoms with Crippen LogP contribution in [0.15, 0.2) is 24.3 Å². The maximum absolute atomic E-state index is 14.0. The van der Waals surface area contributed by atoms with E-state index in [2.05, 4.69) is 0 Å². The molecule has 5 nitrogen and oxygen atoms in total. The summed E-state index contributed by atoms with van der Waals surface area (Å²) in [4.78, 5) is 14.3. The van der Waals surface area contributed by atoms with Gasteiger partial charge in [0.2, 0.25) is 5.91 Å². The van der Waals surface area contributed by atoms with Gasteiger partial charge in [0.1, 0.15) is 5.82 Å². The Morgan fingerprint density at radius 3 is 2.54 bits per heavy atom. The van der Waals surface area contributed by atoms with Gasteiger partial charge in [0.05, 0.1) is 11.0 Å². The van der Waals surface area contributed by atoms with Crippen LogP contribution in [0.4, 0.5) is 4.39 Å². The fraction of sp³-hybridized carbons (Fsp3) is 0.588. The average molecular weight is 355 g/mol. The zero-order valence-electron chi connectivity index (χ0n) is 13.5. The number of carbonyl (C=O) groups excluding carboxylic acids is 1. The lowest BCUT2D eigenvalue weighted by Crippen LogP contribution is -2.40. The Hall–Kier alpha value is -1.47. The standard InChI is InChI=1S/C17H22FNO4S/c18-15-4-2-1-3-14(15)16-5-8-19(9-12-24(16,21)22)17(20)13-6-10-23-11-7-13/h1-4,13,16H,5-12H2. The van der Waals surface area contributed by atoms with Gasteiger partial charge in [0.15, 0.2) is 9.84 Å². The van der Waals surface area contributed by atoms with E-state index in [1.807, 2.05) is 0 Å². The molecule has 2 saturated heterocycles. The molecule has 132 valence electrons. The largest absolute Gasteiger partial charge is 0.381 e. The van der Waals surface area contributed by atoms with Gasteiger partial charge in [-0.25, -0.2) is 12.8 Å². The summed E-state index contributed by atoms with van der Waals surface area (Å²) < 4.78 is 44.5. The second-order valence-corrected chi connectivity index (χ2v) is 8.68. The number of halogens is 1. The van der Waals surface area contributed by atoms with E-state index in [-0.39, 0.29) is 36.1 Å². The molecule has 1 amide bonds. The summed E-state index contributed by atoms with van der Waals surface area (Å²) in [5.74, 6) is -0.717. The maximum atomic E-state index is 14.0. The van der Waals surface area contributed by atoms with E-state index in [0.29, 0.717) is 32.6 Å². The zero-order chi connectivity index (χ0) is 17.2. The highest BCUT2D eigenvalue weighted by molar-refractivity contribution is 7.91. The van der Waals surface area contributed by atoms with Gasteiger partial charge in [0.25, 0.3) is 0 Å². The number of sulfone groups is 1. The molecule has 0 spiro atoms. The number of amides is 1. The van der Waals surface area contributed by atoms with Crippen LogP contribution in [0.5, 0.6) is 0 Å². The lowest BCUT2D eigenvalue weighted by Gasteiger charge is -2.28. The van der Waals surface area contributed by atoms with Crippen LogP contribution in [0.3, 0.4) is 0 Å². The average Bonchev–Trinajstić information content (AvgIpc) is 2.74. The van der Waals surface area contributed by atoms with Crippen molar-refractivity contribution in [3.63, 3.8) is 0 Å². The van der Waals surface area contributed by atoms with Crippen molar-refractivity contribution < 1.29 is 22.3 Å². The fourth-order valence-corrected chi connectivity index (χ4v) is 5.25. The summed E-state index contributed by atoms with van der Waals surface area (Å²) in [6.45, 7) is 1.67. The molecule has 1 aromatic rings. The first-order chi connectivity index (χ1) is 11.5. The van der Waals surface area contributed by atoms with Gasteiger partial charge in [-0.05, 0) is 25.3 Å². The Labute approximate surface area is 141 Å². The minimum absolute atomic E-state index is 0.00248. The molecule has 1 unspecified atom stereocenters. The minimum atomic E-state index is -3.49. The van der Waals surface area contributed by atoms with Gasteiger partial charge < -0.3 is 9.64 Å². The van der Waals surface area contributed by atoms with Gasteiger partial charge in [-0.1, -0.05) is 18.2 Å². The molecule has 2 aliphatic rings. The number of rotatable bonds is 2. The highest BCUT2D eigenvalue weighted by Crippen LogP contribution is 2.31. The van der Waals surface area contributed by atoms with Crippen LogP contribution < -0.4 is 0 Å². The Bertz CT molecular complexity index is 700. The minimum Gasteiger partial charge on any atom is -0.381 e. The lowest BCUT2D eigenvalue weighted by atomic mass is 9.98. The van der Waals surface area contributed by atoms with Crippen LogP contribution in [0.1, 0.15) is 30.1 Å². The molecule has 1 atom stereocenters. The van der Waals surface area contributed by atoms with Gasteiger partial charge in [0, 0.05) is 37.8 Å². The third-order valence-corrected chi connectivity index (χ3v) is 6.98. The molecule has 0 N–H and O–H groups in total. The molecule has 0 bridgehead atoms. The molecule has 0 radical (unpaired) electrons. The van der Waals surface area contributed by atoms with Crippen molar-refractivity contribution in [3.05, 3.63) is 35.6 Å². The van der Waals surface area contributed by atoms with Gasteiger partial charge in [-0.2, -0.15) is 0 Å². The normalized spacial score (nSPS) is 25.2. The lowest BCUT2D eigenvalue weighted by molar-refractivity contribution is -0.138. The van der Waals surface area contributed by atoms with Crippen molar-refractivity contribution in [3.8, 4) is 0 Å². The van der Waals surface area contributed by atoms with Crippen LogP contribution in [-0.2, 0) is 19.4 Å². The first-order valence-electron chi connectivity index (χ1n) is 8.31. The molecule has 24 heavy (non-hydrogen) atoms. The van der Waals surface area contributed by atoms with Crippen molar-refractivity contribution in [2.24, 2.45) is 5.92 Å². The second-order valence-electron chi connectivity index (χ2n) is 6.38. The summed E-state index contributed by atoms with van der Waals surface area (Å²) in [6.07, 6.45) is 1.59. The molecule has 1 aromatic carbocycles. The monoisotopic (exact) mass is 355 g/mol. The molecule has 3 rings (SSSR count). The van der Waals surface area contributed by atoms with Crippen molar-refractivity contribution in [2.75, 3.05) is 32.1 Å². The number of ether oxygens (including phenoxy) is 1. The number of hydrogen-bond acceptors (Lipinski definition) is 4. The summed E-state index contributed by atoms with van der Waals surface area (Å²) in [6, 6.07) is 5.99. The van der Waals surface area contributed by atoms with Gasteiger partial charge in [-0.15, -0.1) is 0 Å². The first-order valence-corrected chi connectivity index (χ1v) is 10.0. The SMILES string of the molecule is O=C(C1CCOCC1)N1CCC(c2ccccc2F)S(=O)(=O)CC1. The number of nitrogens with zero attached hydrogens (tertiary/aromatic N) is 1. The molecule has 2 heterocycles. The van der Waals surface area contributed by atoms with Crippen molar-refractivity contribution >= 4 is 15.7 Å². The summed E-state index contributed by atoms with van der Waals surface area (Å²) in [7, 11) is -3.49. The highest BCUT2D eigenvalue weighted by atomic mass is 32.2. The van der Waals surface area contributed by atoms with E-state index in [4.69, 9.17) is 4.74 Å². The maximum Gasteiger partial charge on any atom is 0.225 e. The van der Waals surface area contributed by atoms with Gasteiger partial charge >= 0.3 is 0 Å². The van der Waals surface area contributed by atoms with E-state index in [0.717, 1.165) is 0 Å². The molecule has 0 aliphatic carbocycles. The molecule has 7 heteroatoms.